The van der Waals surface area contributed by atoms with Crippen LogP contribution in [0.1, 0.15) is 5.56 Å². The number of amides is 1. The topological polar surface area (TPSA) is 56.8 Å². The fourth-order valence-corrected chi connectivity index (χ4v) is 2.85. The molecule has 0 saturated carbocycles. The Morgan fingerprint density at radius 1 is 1.15 bits per heavy atom. The van der Waals surface area contributed by atoms with E-state index in [-0.39, 0.29) is 12.1 Å². The SMILES string of the molecule is O=C(Cc1cc2c(cc1Br)OCCO2)Nc1cccc(OC(F)(F)F)c1. The van der Waals surface area contributed by atoms with E-state index in [1.807, 2.05) is 0 Å². The maximum atomic E-state index is 12.3. The van der Waals surface area contributed by atoms with Crippen molar-refractivity contribution in [1.29, 1.82) is 0 Å². The quantitative estimate of drug-likeness (QED) is 0.783. The molecule has 0 saturated heterocycles. The molecule has 0 bridgehead atoms. The molecule has 26 heavy (non-hydrogen) atoms. The van der Waals surface area contributed by atoms with Gasteiger partial charge in [-0.25, -0.2) is 0 Å². The van der Waals surface area contributed by atoms with Gasteiger partial charge in [-0.15, -0.1) is 13.2 Å². The maximum absolute atomic E-state index is 12.3. The number of ether oxygens (including phenoxy) is 3. The molecule has 2 aromatic carbocycles. The predicted octanol–water partition coefficient (Wildman–Crippen LogP) is 4.30. The third-order valence-corrected chi connectivity index (χ3v) is 4.15. The van der Waals surface area contributed by atoms with E-state index in [0.29, 0.717) is 34.7 Å². The molecule has 3 rings (SSSR count). The standard InChI is InChI=1S/C17H13BrF3NO4/c18-13-9-15-14(24-4-5-25-15)6-10(13)7-16(23)22-11-2-1-3-12(8-11)26-17(19,20)21/h1-3,6,8-9H,4-5,7H2,(H,22,23). The average Bonchev–Trinajstić information content (AvgIpc) is 2.54. The zero-order valence-corrected chi connectivity index (χ0v) is 14.8. The van der Waals surface area contributed by atoms with Crippen LogP contribution in [0.25, 0.3) is 0 Å². The van der Waals surface area contributed by atoms with Crippen molar-refractivity contribution in [2.75, 3.05) is 18.5 Å². The number of hydrogen-bond acceptors (Lipinski definition) is 4. The van der Waals surface area contributed by atoms with Crippen molar-refractivity contribution < 1.29 is 32.2 Å². The van der Waals surface area contributed by atoms with Crippen molar-refractivity contribution in [2.24, 2.45) is 0 Å². The van der Waals surface area contributed by atoms with Crippen molar-refractivity contribution in [3.63, 3.8) is 0 Å². The van der Waals surface area contributed by atoms with Crippen LogP contribution in [-0.2, 0) is 11.2 Å². The van der Waals surface area contributed by atoms with E-state index in [9.17, 15) is 18.0 Å². The van der Waals surface area contributed by atoms with Gasteiger partial charge < -0.3 is 19.5 Å². The minimum atomic E-state index is -4.79. The molecule has 9 heteroatoms. The number of rotatable bonds is 4. The number of benzene rings is 2. The highest BCUT2D eigenvalue weighted by atomic mass is 79.9. The van der Waals surface area contributed by atoms with Gasteiger partial charge in [0, 0.05) is 16.2 Å². The number of nitrogens with one attached hydrogen (secondary N) is 1. The van der Waals surface area contributed by atoms with Crippen molar-refractivity contribution >= 4 is 27.5 Å². The summed E-state index contributed by atoms with van der Waals surface area (Å²) < 4.78 is 52.2. The zero-order chi connectivity index (χ0) is 18.7. The molecule has 1 amide bonds. The molecule has 1 aliphatic rings. The lowest BCUT2D eigenvalue weighted by Crippen LogP contribution is -2.18. The number of hydrogen-bond donors (Lipinski definition) is 1. The molecular weight excluding hydrogens is 419 g/mol. The summed E-state index contributed by atoms with van der Waals surface area (Å²) in [5.74, 6) is 0.328. The number of fused-ring (bicyclic) bond motifs is 1. The summed E-state index contributed by atoms with van der Waals surface area (Å²) in [6, 6.07) is 8.50. The first kappa shape index (κ1) is 18.4. The minimum absolute atomic E-state index is 0.00157. The Kier molecular flexibility index (Phi) is 5.26. The fourth-order valence-electron chi connectivity index (χ4n) is 2.39. The van der Waals surface area contributed by atoms with Crippen LogP contribution in [0.3, 0.4) is 0 Å². The molecule has 0 aromatic heterocycles. The predicted molar refractivity (Wildman–Crippen MR) is 90.6 cm³/mol. The van der Waals surface area contributed by atoms with Crippen molar-refractivity contribution in [3.05, 3.63) is 46.4 Å². The van der Waals surface area contributed by atoms with E-state index in [1.165, 1.54) is 12.1 Å². The van der Waals surface area contributed by atoms with Crippen LogP contribution in [0.2, 0.25) is 0 Å². The van der Waals surface area contributed by atoms with Crippen LogP contribution in [-0.4, -0.2) is 25.5 Å². The Bertz CT molecular complexity index is 826. The van der Waals surface area contributed by atoms with E-state index >= 15 is 0 Å². The number of alkyl halides is 3. The summed E-state index contributed by atoms with van der Waals surface area (Å²) in [6.07, 6.45) is -4.79. The molecule has 2 aromatic rings. The lowest BCUT2D eigenvalue weighted by atomic mass is 10.1. The van der Waals surface area contributed by atoms with Crippen molar-refractivity contribution in [2.45, 2.75) is 12.8 Å². The highest BCUT2D eigenvalue weighted by molar-refractivity contribution is 9.10. The number of carbonyl (C=O) groups excluding carboxylic acids is 1. The first-order valence-corrected chi connectivity index (χ1v) is 8.33. The Morgan fingerprint density at radius 2 is 1.85 bits per heavy atom. The van der Waals surface area contributed by atoms with E-state index in [1.54, 1.807) is 12.1 Å². The van der Waals surface area contributed by atoms with Gasteiger partial charge in [0.2, 0.25) is 5.91 Å². The van der Waals surface area contributed by atoms with E-state index in [4.69, 9.17) is 9.47 Å². The lowest BCUT2D eigenvalue weighted by molar-refractivity contribution is -0.274. The second-order valence-electron chi connectivity index (χ2n) is 5.39. The molecule has 0 fully saturated rings. The van der Waals surface area contributed by atoms with Crippen LogP contribution in [0.15, 0.2) is 40.9 Å². The summed E-state index contributed by atoms with van der Waals surface area (Å²) in [5.41, 5.74) is 0.861. The van der Waals surface area contributed by atoms with E-state index in [0.717, 1.165) is 12.1 Å². The number of carbonyl (C=O) groups is 1. The van der Waals surface area contributed by atoms with Crippen LogP contribution in [0.5, 0.6) is 17.2 Å². The van der Waals surface area contributed by atoms with Crippen molar-refractivity contribution in [3.8, 4) is 17.2 Å². The molecule has 0 aliphatic carbocycles. The molecule has 0 spiro atoms. The highest BCUT2D eigenvalue weighted by Gasteiger charge is 2.31. The van der Waals surface area contributed by atoms with Gasteiger partial charge in [-0.1, -0.05) is 22.0 Å². The Labute approximate surface area is 155 Å². The number of anilines is 1. The minimum Gasteiger partial charge on any atom is -0.486 e. The normalized spacial score (nSPS) is 13.2. The molecule has 0 atom stereocenters. The molecule has 0 unspecified atom stereocenters. The van der Waals surface area contributed by atoms with Gasteiger partial charge >= 0.3 is 6.36 Å². The third-order valence-electron chi connectivity index (χ3n) is 3.41. The first-order chi connectivity index (χ1) is 12.3. The summed E-state index contributed by atoms with van der Waals surface area (Å²) in [5, 5.41) is 2.54. The second-order valence-corrected chi connectivity index (χ2v) is 6.24. The van der Waals surface area contributed by atoms with Crippen LogP contribution >= 0.6 is 15.9 Å². The largest absolute Gasteiger partial charge is 0.573 e. The molecular formula is C17H13BrF3NO4. The van der Waals surface area contributed by atoms with Gasteiger partial charge in [0.1, 0.15) is 19.0 Å². The monoisotopic (exact) mass is 431 g/mol. The van der Waals surface area contributed by atoms with Crippen LogP contribution in [0.4, 0.5) is 18.9 Å². The van der Waals surface area contributed by atoms with Gasteiger partial charge in [0.15, 0.2) is 11.5 Å². The van der Waals surface area contributed by atoms with Crippen LogP contribution in [0, 0.1) is 0 Å². The van der Waals surface area contributed by atoms with E-state index < -0.39 is 18.0 Å². The molecule has 1 aliphatic heterocycles. The summed E-state index contributed by atoms with van der Waals surface area (Å²) in [7, 11) is 0. The molecule has 138 valence electrons. The smallest absolute Gasteiger partial charge is 0.486 e. The molecule has 1 heterocycles. The summed E-state index contributed by atoms with van der Waals surface area (Å²) >= 11 is 3.37. The lowest BCUT2D eigenvalue weighted by Gasteiger charge is -2.19. The van der Waals surface area contributed by atoms with Crippen molar-refractivity contribution in [1.82, 2.24) is 0 Å². The first-order valence-electron chi connectivity index (χ1n) is 7.54. The fraction of sp³-hybridized carbons (Fsp3) is 0.235. The second kappa shape index (κ2) is 7.45. The van der Waals surface area contributed by atoms with Gasteiger partial charge in [-0.3, -0.25) is 4.79 Å². The van der Waals surface area contributed by atoms with Gasteiger partial charge in [-0.2, -0.15) is 0 Å². The average molecular weight is 432 g/mol. The molecule has 1 N–H and O–H groups in total. The maximum Gasteiger partial charge on any atom is 0.573 e. The third kappa shape index (κ3) is 4.81. The summed E-state index contributed by atoms with van der Waals surface area (Å²) in [4.78, 5) is 12.2. The number of halogens is 4. The highest BCUT2D eigenvalue weighted by Crippen LogP contribution is 2.35. The summed E-state index contributed by atoms with van der Waals surface area (Å²) in [6.45, 7) is 0.877. The van der Waals surface area contributed by atoms with E-state index in [2.05, 4.69) is 26.0 Å². The van der Waals surface area contributed by atoms with Gasteiger partial charge in [0.25, 0.3) is 0 Å². The van der Waals surface area contributed by atoms with Gasteiger partial charge in [0.05, 0.1) is 6.42 Å². The Balaban J connectivity index is 1.69. The Morgan fingerprint density at radius 3 is 2.54 bits per heavy atom. The Hall–Kier alpha value is -2.42. The molecule has 5 nitrogen and oxygen atoms in total. The van der Waals surface area contributed by atoms with Gasteiger partial charge in [-0.05, 0) is 29.8 Å². The zero-order valence-electron chi connectivity index (χ0n) is 13.2. The van der Waals surface area contributed by atoms with Crippen LogP contribution < -0.4 is 19.5 Å². The molecule has 0 radical (unpaired) electrons.